The fourth-order valence-electron chi connectivity index (χ4n) is 2.61. The van der Waals surface area contributed by atoms with Gasteiger partial charge in [0.25, 0.3) is 0 Å². The summed E-state index contributed by atoms with van der Waals surface area (Å²) in [7, 11) is 0. The Bertz CT molecular complexity index is 558. The normalized spacial score (nSPS) is 17.2. The van der Waals surface area contributed by atoms with Crippen LogP contribution in [-0.2, 0) is 14.4 Å². The number of carbonyl (C=O) groups is 3. The molecular formula is C17H23N3O3. The Balaban J connectivity index is 1.74. The standard InChI is InChI=1S/C17H23N3O3/c1-12(16(18)13-6-3-2-4-7-13)17(23)19-10-5-11-20-14(21)8-9-15(20)22/h2-4,6-7,12,16H,5,8-11,18H2,1H3,(H,19,23). The number of rotatable bonds is 7. The monoisotopic (exact) mass is 317 g/mol. The van der Waals surface area contributed by atoms with Gasteiger partial charge in [0, 0.05) is 32.0 Å². The second-order valence-electron chi connectivity index (χ2n) is 5.81. The van der Waals surface area contributed by atoms with Crippen LogP contribution < -0.4 is 11.1 Å². The lowest BCUT2D eigenvalue weighted by molar-refractivity contribution is -0.138. The second-order valence-corrected chi connectivity index (χ2v) is 5.81. The van der Waals surface area contributed by atoms with Gasteiger partial charge in [-0.2, -0.15) is 0 Å². The van der Waals surface area contributed by atoms with Crippen LogP contribution in [0.1, 0.15) is 37.8 Å². The summed E-state index contributed by atoms with van der Waals surface area (Å²) in [6.07, 6.45) is 1.15. The SMILES string of the molecule is CC(C(=O)NCCCN1C(=O)CCC1=O)C(N)c1ccccc1. The van der Waals surface area contributed by atoms with Gasteiger partial charge in [-0.05, 0) is 12.0 Å². The van der Waals surface area contributed by atoms with E-state index in [0.717, 1.165) is 5.56 Å². The van der Waals surface area contributed by atoms with Crippen molar-refractivity contribution < 1.29 is 14.4 Å². The van der Waals surface area contributed by atoms with Crippen LogP contribution in [0.5, 0.6) is 0 Å². The van der Waals surface area contributed by atoms with Crippen LogP contribution in [0.4, 0.5) is 0 Å². The molecule has 2 rings (SSSR count). The van der Waals surface area contributed by atoms with Crippen molar-refractivity contribution in [2.45, 2.75) is 32.2 Å². The maximum Gasteiger partial charge on any atom is 0.229 e. The molecule has 0 saturated carbocycles. The lowest BCUT2D eigenvalue weighted by Crippen LogP contribution is -2.37. The summed E-state index contributed by atoms with van der Waals surface area (Å²) in [5.74, 6) is -0.727. The minimum atomic E-state index is -0.363. The van der Waals surface area contributed by atoms with Crippen molar-refractivity contribution >= 4 is 17.7 Å². The van der Waals surface area contributed by atoms with Crippen molar-refractivity contribution in [2.24, 2.45) is 11.7 Å². The minimum absolute atomic E-state index is 0.124. The van der Waals surface area contributed by atoms with Crippen molar-refractivity contribution in [1.82, 2.24) is 10.2 Å². The molecule has 3 N–H and O–H groups in total. The zero-order valence-electron chi connectivity index (χ0n) is 13.3. The third-order valence-corrected chi connectivity index (χ3v) is 4.15. The topological polar surface area (TPSA) is 92.5 Å². The molecule has 1 saturated heterocycles. The van der Waals surface area contributed by atoms with Crippen LogP contribution in [0.15, 0.2) is 30.3 Å². The minimum Gasteiger partial charge on any atom is -0.356 e. The van der Waals surface area contributed by atoms with E-state index in [1.54, 1.807) is 6.92 Å². The van der Waals surface area contributed by atoms with E-state index >= 15 is 0 Å². The summed E-state index contributed by atoms with van der Waals surface area (Å²) in [4.78, 5) is 36.3. The largest absolute Gasteiger partial charge is 0.356 e. The summed E-state index contributed by atoms with van der Waals surface area (Å²) < 4.78 is 0. The molecule has 0 bridgehead atoms. The number of nitrogens with two attached hydrogens (primary N) is 1. The first kappa shape index (κ1) is 17.1. The quantitative estimate of drug-likeness (QED) is 0.579. The first-order chi connectivity index (χ1) is 11.0. The van der Waals surface area contributed by atoms with E-state index < -0.39 is 0 Å². The van der Waals surface area contributed by atoms with Crippen molar-refractivity contribution in [3.05, 3.63) is 35.9 Å². The highest BCUT2D eigenvalue weighted by Gasteiger charge is 2.28. The Morgan fingerprint density at radius 1 is 1.22 bits per heavy atom. The van der Waals surface area contributed by atoms with E-state index in [1.807, 2.05) is 30.3 Å². The summed E-state index contributed by atoms with van der Waals surface area (Å²) in [5.41, 5.74) is 7.04. The highest BCUT2D eigenvalue weighted by molar-refractivity contribution is 6.01. The van der Waals surface area contributed by atoms with Crippen LogP contribution in [0.25, 0.3) is 0 Å². The molecule has 0 aliphatic carbocycles. The molecule has 23 heavy (non-hydrogen) atoms. The fourth-order valence-corrected chi connectivity index (χ4v) is 2.61. The van der Waals surface area contributed by atoms with Crippen molar-refractivity contribution in [1.29, 1.82) is 0 Å². The van der Waals surface area contributed by atoms with Gasteiger partial charge in [0.1, 0.15) is 0 Å². The molecule has 0 aromatic heterocycles. The first-order valence-electron chi connectivity index (χ1n) is 7.92. The maximum atomic E-state index is 12.1. The summed E-state index contributed by atoms with van der Waals surface area (Å²) >= 11 is 0. The van der Waals surface area contributed by atoms with E-state index in [4.69, 9.17) is 5.73 Å². The number of hydrogen-bond acceptors (Lipinski definition) is 4. The molecule has 1 aliphatic rings. The highest BCUT2D eigenvalue weighted by atomic mass is 16.2. The van der Waals surface area contributed by atoms with Gasteiger partial charge in [0.2, 0.25) is 17.7 Å². The third-order valence-electron chi connectivity index (χ3n) is 4.15. The van der Waals surface area contributed by atoms with Gasteiger partial charge in [-0.3, -0.25) is 19.3 Å². The smallest absolute Gasteiger partial charge is 0.229 e. The van der Waals surface area contributed by atoms with Gasteiger partial charge in [0.05, 0.1) is 5.92 Å². The van der Waals surface area contributed by atoms with Crippen molar-refractivity contribution in [2.75, 3.05) is 13.1 Å². The van der Waals surface area contributed by atoms with Crippen LogP contribution in [0.2, 0.25) is 0 Å². The van der Waals surface area contributed by atoms with E-state index in [1.165, 1.54) is 4.90 Å². The molecule has 3 amide bonds. The molecule has 6 heteroatoms. The number of nitrogens with one attached hydrogen (secondary N) is 1. The molecule has 2 unspecified atom stereocenters. The predicted octanol–water partition coefficient (Wildman–Crippen LogP) is 0.978. The van der Waals surface area contributed by atoms with Crippen LogP contribution in [-0.4, -0.2) is 35.7 Å². The molecule has 0 spiro atoms. The average Bonchev–Trinajstić information content (AvgIpc) is 2.89. The van der Waals surface area contributed by atoms with E-state index in [-0.39, 0.29) is 29.7 Å². The number of likely N-dealkylation sites (tertiary alicyclic amines) is 1. The summed E-state index contributed by atoms with van der Waals surface area (Å²) in [6.45, 7) is 2.57. The first-order valence-corrected chi connectivity index (χ1v) is 7.92. The lowest BCUT2D eigenvalue weighted by Gasteiger charge is -2.20. The summed E-state index contributed by atoms with van der Waals surface area (Å²) in [6, 6.07) is 9.13. The van der Waals surface area contributed by atoms with Gasteiger partial charge < -0.3 is 11.1 Å². The molecule has 1 fully saturated rings. The van der Waals surface area contributed by atoms with Gasteiger partial charge in [-0.25, -0.2) is 0 Å². The number of carbonyl (C=O) groups excluding carboxylic acids is 3. The number of amides is 3. The molecule has 1 aromatic rings. The second kappa shape index (κ2) is 7.87. The van der Waals surface area contributed by atoms with Crippen molar-refractivity contribution in [3.63, 3.8) is 0 Å². The van der Waals surface area contributed by atoms with E-state index in [9.17, 15) is 14.4 Å². The average molecular weight is 317 g/mol. The fraction of sp³-hybridized carbons (Fsp3) is 0.471. The molecule has 1 aliphatic heterocycles. The van der Waals surface area contributed by atoms with E-state index in [2.05, 4.69) is 5.32 Å². The number of nitrogens with zero attached hydrogens (tertiary/aromatic N) is 1. The lowest BCUT2D eigenvalue weighted by atomic mass is 9.95. The molecule has 1 aromatic carbocycles. The van der Waals surface area contributed by atoms with Crippen molar-refractivity contribution in [3.8, 4) is 0 Å². The zero-order valence-corrected chi connectivity index (χ0v) is 13.3. The zero-order chi connectivity index (χ0) is 16.8. The summed E-state index contributed by atoms with van der Waals surface area (Å²) in [5, 5.41) is 2.82. The Hall–Kier alpha value is -2.21. The number of hydrogen-bond donors (Lipinski definition) is 2. The molecular weight excluding hydrogens is 294 g/mol. The van der Waals surface area contributed by atoms with Gasteiger partial charge in [-0.1, -0.05) is 37.3 Å². The molecule has 0 radical (unpaired) electrons. The molecule has 6 nitrogen and oxygen atoms in total. The number of imide groups is 1. The third kappa shape index (κ3) is 4.39. The Kier molecular flexibility index (Phi) is 5.87. The molecule has 2 atom stereocenters. The molecule has 1 heterocycles. The Labute approximate surface area is 136 Å². The van der Waals surface area contributed by atoms with Gasteiger partial charge >= 0.3 is 0 Å². The predicted molar refractivity (Wildman–Crippen MR) is 86.1 cm³/mol. The van der Waals surface area contributed by atoms with Crippen LogP contribution in [0, 0.1) is 5.92 Å². The number of benzene rings is 1. The maximum absolute atomic E-state index is 12.1. The van der Waals surface area contributed by atoms with E-state index in [0.29, 0.717) is 32.4 Å². The van der Waals surface area contributed by atoms with Gasteiger partial charge in [0.15, 0.2) is 0 Å². The van der Waals surface area contributed by atoms with Crippen LogP contribution in [0.3, 0.4) is 0 Å². The van der Waals surface area contributed by atoms with Crippen LogP contribution >= 0.6 is 0 Å². The molecule has 124 valence electrons. The highest BCUT2D eigenvalue weighted by Crippen LogP contribution is 2.19. The van der Waals surface area contributed by atoms with Gasteiger partial charge in [-0.15, -0.1) is 0 Å². The Morgan fingerprint density at radius 3 is 2.43 bits per heavy atom. The Morgan fingerprint density at radius 2 is 1.83 bits per heavy atom.